The number of hydrogen-bond donors (Lipinski definition) is 0. The van der Waals surface area contributed by atoms with Crippen molar-refractivity contribution in [3.8, 4) is 0 Å². The molecule has 0 N–H and O–H groups in total. The third kappa shape index (κ3) is 45.3. The molecule has 0 saturated heterocycles. The van der Waals surface area contributed by atoms with Crippen LogP contribution in [0.1, 0.15) is 213 Å². The predicted octanol–water partition coefficient (Wildman–Crippen LogP) is 12.6. The molecule has 0 heterocycles. The number of nitrogens with zero attached hydrogens (tertiary/aromatic N) is 1. The lowest BCUT2D eigenvalue weighted by molar-refractivity contribution is -0.870. The zero-order chi connectivity index (χ0) is 45.6. The van der Waals surface area contributed by atoms with E-state index < -0.39 is 24.3 Å². The Morgan fingerprint density at radius 2 is 0.919 bits per heavy atom. The molecule has 62 heavy (non-hydrogen) atoms. The van der Waals surface area contributed by atoms with Gasteiger partial charge in [-0.3, -0.25) is 9.59 Å². The number of carbonyl (C=O) groups is 3. The molecule has 0 aromatic rings. The van der Waals surface area contributed by atoms with E-state index in [0.717, 1.165) is 57.8 Å². The van der Waals surface area contributed by atoms with Crippen molar-refractivity contribution in [2.24, 2.45) is 0 Å². The van der Waals surface area contributed by atoms with Gasteiger partial charge >= 0.3 is 11.9 Å². The summed E-state index contributed by atoms with van der Waals surface area (Å²) in [7, 11) is 5.90. The summed E-state index contributed by atoms with van der Waals surface area (Å²) >= 11 is 0. The maximum atomic E-state index is 12.8. The highest BCUT2D eigenvalue weighted by molar-refractivity contribution is 5.70. The van der Waals surface area contributed by atoms with E-state index in [1.54, 1.807) is 0 Å². The van der Waals surface area contributed by atoms with Gasteiger partial charge in [0.2, 0.25) is 0 Å². The molecule has 9 nitrogen and oxygen atoms in total. The summed E-state index contributed by atoms with van der Waals surface area (Å²) in [6, 6.07) is 0. The molecule has 2 atom stereocenters. The Morgan fingerprint density at radius 3 is 1.37 bits per heavy atom. The summed E-state index contributed by atoms with van der Waals surface area (Å²) in [6.07, 6.45) is 50.2. The molecule has 0 amide bonds. The van der Waals surface area contributed by atoms with Crippen LogP contribution < -0.4 is 5.11 Å². The Balaban J connectivity index is 4.33. The summed E-state index contributed by atoms with van der Waals surface area (Å²) in [5.41, 5.74) is 0. The SMILES string of the molecule is CC/C=C\C/C=C\C/C=C\C/C=C\CCCCC(=O)OC(COC(=O)CCCCCCCCCCCCCCCCCCCCCCCC)COC(OCC[N+](C)(C)C)C(=O)[O-]. The standard InChI is InChI=1S/C53H95NO8/c1-6-8-10-12-14-16-18-20-22-23-24-25-26-27-28-30-31-33-35-37-39-41-43-50(55)60-47-49(48-61-53(52(57)58)59-46-45-54(3,4)5)62-51(56)44-42-40-38-36-34-32-29-21-19-17-15-13-11-9-7-2/h9,11,15,17,21,29,34,36,49,53H,6-8,10,12-14,16,18-20,22-28,30-33,35,37-48H2,1-5H3/b11-9-,17-15-,29-21-,36-34-. The van der Waals surface area contributed by atoms with E-state index in [2.05, 4.69) is 62.5 Å². The van der Waals surface area contributed by atoms with Crippen molar-refractivity contribution in [3.63, 3.8) is 0 Å². The van der Waals surface area contributed by atoms with Gasteiger partial charge in [-0.05, 0) is 51.4 Å². The zero-order valence-electron chi connectivity index (χ0n) is 40.7. The molecule has 0 radical (unpaired) electrons. The third-order valence-corrected chi connectivity index (χ3v) is 10.8. The molecule has 0 fully saturated rings. The second-order valence-corrected chi connectivity index (χ2v) is 18.1. The van der Waals surface area contributed by atoms with E-state index in [1.165, 1.54) is 122 Å². The first-order valence-electron chi connectivity index (χ1n) is 25.3. The molecule has 0 aromatic heterocycles. The Bertz CT molecular complexity index is 1160. The van der Waals surface area contributed by atoms with Crippen LogP contribution in [0.5, 0.6) is 0 Å². The van der Waals surface area contributed by atoms with Gasteiger partial charge in [-0.1, -0.05) is 197 Å². The van der Waals surface area contributed by atoms with Crippen LogP contribution in [0.25, 0.3) is 0 Å². The summed E-state index contributed by atoms with van der Waals surface area (Å²) in [5, 5.41) is 11.7. The fourth-order valence-electron chi connectivity index (χ4n) is 6.94. The molecular weight excluding hydrogens is 779 g/mol. The van der Waals surface area contributed by atoms with Crippen LogP contribution in [-0.2, 0) is 33.3 Å². The number of ether oxygens (including phenoxy) is 4. The van der Waals surface area contributed by atoms with Crippen LogP contribution in [0.2, 0.25) is 0 Å². The number of quaternary nitrogens is 1. The summed E-state index contributed by atoms with van der Waals surface area (Å²) in [6.45, 7) is 4.59. The highest BCUT2D eigenvalue weighted by Crippen LogP contribution is 2.16. The van der Waals surface area contributed by atoms with Gasteiger partial charge in [-0.25, -0.2) is 0 Å². The van der Waals surface area contributed by atoms with Crippen molar-refractivity contribution < 1.29 is 42.9 Å². The molecule has 0 aliphatic rings. The fourth-order valence-corrected chi connectivity index (χ4v) is 6.94. The van der Waals surface area contributed by atoms with Crippen molar-refractivity contribution in [2.75, 3.05) is 47.5 Å². The van der Waals surface area contributed by atoms with Crippen LogP contribution in [0.4, 0.5) is 0 Å². The van der Waals surface area contributed by atoms with E-state index in [-0.39, 0.29) is 38.6 Å². The highest BCUT2D eigenvalue weighted by Gasteiger charge is 2.21. The number of hydrogen-bond acceptors (Lipinski definition) is 8. The third-order valence-electron chi connectivity index (χ3n) is 10.8. The van der Waals surface area contributed by atoms with Gasteiger partial charge in [-0.15, -0.1) is 0 Å². The van der Waals surface area contributed by atoms with Gasteiger partial charge in [0.1, 0.15) is 13.2 Å². The number of likely N-dealkylation sites (N-methyl/N-ethyl adjacent to an activating group) is 1. The van der Waals surface area contributed by atoms with Crippen molar-refractivity contribution in [2.45, 2.75) is 225 Å². The van der Waals surface area contributed by atoms with E-state index in [0.29, 0.717) is 17.4 Å². The highest BCUT2D eigenvalue weighted by atomic mass is 16.7. The smallest absolute Gasteiger partial charge is 0.306 e. The lowest BCUT2D eigenvalue weighted by atomic mass is 10.0. The van der Waals surface area contributed by atoms with Crippen molar-refractivity contribution in [1.29, 1.82) is 0 Å². The minimum absolute atomic E-state index is 0.139. The molecule has 0 bridgehead atoms. The van der Waals surface area contributed by atoms with Gasteiger partial charge in [0.25, 0.3) is 0 Å². The second-order valence-electron chi connectivity index (χ2n) is 18.1. The average molecular weight is 874 g/mol. The van der Waals surface area contributed by atoms with Crippen molar-refractivity contribution >= 4 is 17.9 Å². The first-order chi connectivity index (χ1) is 30.1. The molecule has 0 saturated carbocycles. The zero-order valence-corrected chi connectivity index (χ0v) is 40.7. The number of aliphatic carboxylic acids is 1. The summed E-state index contributed by atoms with van der Waals surface area (Å²) < 4.78 is 22.6. The van der Waals surface area contributed by atoms with Crippen LogP contribution in [-0.4, -0.2) is 82.3 Å². The van der Waals surface area contributed by atoms with E-state index in [9.17, 15) is 19.5 Å². The first kappa shape index (κ1) is 59.2. The monoisotopic (exact) mass is 874 g/mol. The van der Waals surface area contributed by atoms with E-state index in [4.69, 9.17) is 18.9 Å². The molecule has 0 aliphatic carbocycles. The van der Waals surface area contributed by atoms with E-state index >= 15 is 0 Å². The lowest BCUT2D eigenvalue weighted by Crippen LogP contribution is -2.44. The quantitative estimate of drug-likeness (QED) is 0.0195. The maximum Gasteiger partial charge on any atom is 0.306 e. The van der Waals surface area contributed by atoms with Gasteiger partial charge < -0.3 is 33.3 Å². The Labute approximate surface area is 381 Å². The summed E-state index contributed by atoms with van der Waals surface area (Å²) in [4.78, 5) is 37.1. The molecule has 9 heteroatoms. The Hall–Kier alpha value is -2.75. The Morgan fingerprint density at radius 1 is 0.500 bits per heavy atom. The van der Waals surface area contributed by atoms with Crippen LogP contribution >= 0.6 is 0 Å². The number of rotatable bonds is 46. The Kier molecular flexibility index (Phi) is 42.9. The van der Waals surface area contributed by atoms with Gasteiger partial charge in [0.15, 0.2) is 12.4 Å². The van der Waals surface area contributed by atoms with Crippen LogP contribution in [0, 0.1) is 0 Å². The van der Waals surface area contributed by atoms with E-state index in [1.807, 2.05) is 21.1 Å². The predicted molar refractivity (Wildman–Crippen MR) is 255 cm³/mol. The normalized spacial score (nSPS) is 13.2. The van der Waals surface area contributed by atoms with Gasteiger partial charge in [0.05, 0.1) is 40.3 Å². The molecular formula is C53H95NO8. The number of carboxylic acid groups (broad SMARTS) is 1. The number of carboxylic acids is 1. The van der Waals surface area contributed by atoms with Crippen LogP contribution in [0.3, 0.4) is 0 Å². The lowest BCUT2D eigenvalue weighted by Gasteiger charge is -2.26. The summed E-state index contributed by atoms with van der Waals surface area (Å²) in [5.74, 6) is -2.34. The molecule has 2 unspecified atom stereocenters. The first-order valence-corrected chi connectivity index (χ1v) is 25.3. The van der Waals surface area contributed by atoms with Crippen molar-refractivity contribution in [3.05, 3.63) is 48.6 Å². The second kappa shape index (κ2) is 44.8. The maximum absolute atomic E-state index is 12.8. The minimum Gasteiger partial charge on any atom is -0.545 e. The number of carbonyl (C=O) groups excluding carboxylic acids is 3. The number of allylic oxidation sites excluding steroid dienone is 8. The molecule has 0 rings (SSSR count). The molecule has 360 valence electrons. The fraction of sp³-hybridized carbons (Fsp3) is 0.792. The molecule has 0 spiro atoms. The minimum atomic E-state index is -1.63. The van der Waals surface area contributed by atoms with Crippen LogP contribution in [0.15, 0.2) is 48.6 Å². The van der Waals surface area contributed by atoms with Gasteiger partial charge in [0, 0.05) is 12.8 Å². The number of esters is 2. The number of unbranched alkanes of at least 4 members (excludes halogenated alkanes) is 23. The largest absolute Gasteiger partial charge is 0.545 e. The van der Waals surface area contributed by atoms with Crippen molar-refractivity contribution in [1.82, 2.24) is 0 Å². The molecule has 0 aromatic carbocycles. The average Bonchev–Trinajstić information content (AvgIpc) is 3.23. The van der Waals surface area contributed by atoms with Gasteiger partial charge in [-0.2, -0.15) is 0 Å². The topological polar surface area (TPSA) is 111 Å². The molecule has 0 aliphatic heterocycles.